The molecule has 0 aliphatic heterocycles. The van der Waals surface area contributed by atoms with Crippen molar-refractivity contribution in [1.29, 1.82) is 0 Å². The molecule has 2 rings (SSSR count). The molecular formula is C22H29ClN2O3S. The fourth-order valence-corrected chi connectivity index (χ4v) is 4.77. The molecule has 29 heavy (non-hydrogen) atoms. The number of halogens is 1. The fourth-order valence-electron chi connectivity index (χ4n) is 3.38. The van der Waals surface area contributed by atoms with Crippen molar-refractivity contribution >= 4 is 33.2 Å². The second-order valence-electron chi connectivity index (χ2n) is 6.99. The number of anilines is 1. The summed E-state index contributed by atoms with van der Waals surface area (Å²) in [6.07, 6.45) is 3.22. The van der Waals surface area contributed by atoms with Gasteiger partial charge in [0.2, 0.25) is 15.9 Å². The molecule has 7 heteroatoms. The Morgan fingerprint density at radius 3 is 2.34 bits per heavy atom. The van der Waals surface area contributed by atoms with Crippen LogP contribution in [0, 0.1) is 0 Å². The quantitative estimate of drug-likeness (QED) is 0.636. The predicted molar refractivity (Wildman–Crippen MR) is 120 cm³/mol. The molecule has 1 amide bonds. The van der Waals surface area contributed by atoms with Gasteiger partial charge in [0, 0.05) is 11.6 Å². The molecule has 0 aliphatic carbocycles. The number of amides is 1. The molecule has 0 radical (unpaired) electrons. The third-order valence-electron chi connectivity index (χ3n) is 4.91. The Morgan fingerprint density at radius 1 is 1.07 bits per heavy atom. The number of hydrogen-bond acceptors (Lipinski definition) is 3. The molecule has 158 valence electrons. The van der Waals surface area contributed by atoms with Crippen molar-refractivity contribution in [2.45, 2.75) is 52.6 Å². The number of nitrogens with one attached hydrogen (secondary N) is 1. The highest BCUT2D eigenvalue weighted by atomic mass is 35.5. The molecular weight excluding hydrogens is 408 g/mol. The molecule has 1 unspecified atom stereocenters. The van der Waals surface area contributed by atoms with Crippen molar-refractivity contribution in [2.24, 2.45) is 0 Å². The monoisotopic (exact) mass is 436 g/mol. The second-order valence-corrected chi connectivity index (χ2v) is 9.29. The van der Waals surface area contributed by atoms with Gasteiger partial charge >= 0.3 is 0 Å². The van der Waals surface area contributed by atoms with E-state index in [1.54, 1.807) is 31.2 Å². The molecule has 0 heterocycles. The van der Waals surface area contributed by atoms with Crippen molar-refractivity contribution < 1.29 is 13.2 Å². The maximum atomic E-state index is 13.0. The first-order chi connectivity index (χ1) is 13.7. The summed E-state index contributed by atoms with van der Waals surface area (Å²) in [6, 6.07) is 12.0. The van der Waals surface area contributed by atoms with E-state index in [2.05, 4.69) is 37.4 Å². The molecule has 5 nitrogen and oxygen atoms in total. The van der Waals surface area contributed by atoms with Crippen LogP contribution in [0.1, 0.15) is 43.9 Å². The maximum absolute atomic E-state index is 13.0. The molecule has 0 bridgehead atoms. The van der Waals surface area contributed by atoms with Gasteiger partial charge in [-0.3, -0.25) is 9.10 Å². The van der Waals surface area contributed by atoms with Gasteiger partial charge in [-0.15, -0.1) is 0 Å². The van der Waals surface area contributed by atoms with Gasteiger partial charge in [-0.2, -0.15) is 0 Å². The maximum Gasteiger partial charge on any atom is 0.244 e. The minimum atomic E-state index is -3.68. The van der Waals surface area contributed by atoms with Crippen LogP contribution in [0.25, 0.3) is 0 Å². The number of carbonyl (C=O) groups excluding carboxylic acids is 1. The van der Waals surface area contributed by atoms with E-state index >= 15 is 0 Å². The largest absolute Gasteiger partial charge is 0.350 e. The van der Waals surface area contributed by atoms with Gasteiger partial charge in [0.05, 0.1) is 11.9 Å². The molecule has 0 spiro atoms. The van der Waals surface area contributed by atoms with Crippen LogP contribution in [0.5, 0.6) is 0 Å². The standard InChI is InChI=1S/C22H29ClN2O3S/c1-5-16-11-12-17(6-2)18(13-16)15-24-22(26)21(7-3)25(29(4,27)28)20-10-8-9-19(23)14-20/h8-14,21H,5-7,15H2,1-4H3,(H,24,26). The number of carbonyl (C=O) groups is 1. The van der Waals surface area contributed by atoms with Crippen molar-refractivity contribution in [3.63, 3.8) is 0 Å². The molecule has 2 aromatic carbocycles. The van der Waals surface area contributed by atoms with Gasteiger partial charge in [0.25, 0.3) is 0 Å². The Hall–Kier alpha value is -2.05. The molecule has 2 aromatic rings. The summed E-state index contributed by atoms with van der Waals surface area (Å²) in [5, 5.41) is 3.35. The summed E-state index contributed by atoms with van der Waals surface area (Å²) in [5.41, 5.74) is 3.81. The summed E-state index contributed by atoms with van der Waals surface area (Å²) in [5.74, 6) is -0.332. The molecule has 0 fully saturated rings. The smallest absolute Gasteiger partial charge is 0.244 e. The number of hydrogen-bond donors (Lipinski definition) is 1. The number of nitrogens with zero attached hydrogens (tertiary/aromatic N) is 1. The summed E-state index contributed by atoms with van der Waals surface area (Å²) >= 11 is 6.05. The summed E-state index contributed by atoms with van der Waals surface area (Å²) in [6.45, 7) is 6.32. The Morgan fingerprint density at radius 2 is 1.79 bits per heavy atom. The Labute approximate surface area is 179 Å². The van der Waals surface area contributed by atoms with Crippen molar-refractivity contribution in [1.82, 2.24) is 5.32 Å². The minimum Gasteiger partial charge on any atom is -0.350 e. The van der Waals surface area contributed by atoms with Crippen LogP contribution in [0.3, 0.4) is 0 Å². The number of benzene rings is 2. The third kappa shape index (κ3) is 5.97. The van der Waals surface area contributed by atoms with Gasteiger partial charge in [-0.05, 0) is 54.2 Å². The average Bonchev–Trinajstić information content (AvgIpc) is 2.68. The fraction of sp³-hybridized carbons (Fsp3) is 0.409. The molecule has 1 N–H and O–H groups in total. The zero-order valence-electron chi connectivity index (χ0n) is 17.4. The van der Waals surface area contributed by atoms with Crippen LogP contribution < -0.4 is 9.62 Å². The lowest BCUT2D eigenvalue weighted by atomic mass is 10.0. The highest BCUT2D eigenvalue weighted by Crippen LogP contribution is 2.25. The summed E-state index contributed by atoms with van der Waals surface area (Å²) in [4.78, 5) is 13.0. The van der Waals surface area contributed by atoms with Crippen LogP contribution in [0.15, 0.2) is 42.5 Å². The first-order valence-corrected chi connectivity index (χ1v) is 12.1. The predicted octanol–water partition coefficient (Wildman–Crippen LogP) is 4.33. The topological polar surface area (TPSA) is 66.5 Å². The highest BCUT2D eigenvalue weighted by molar-refractivity contribution is 7.92. The number of rotatable bonds is 9. The van der Waals surface area contributed by atoms with Crippen LogP contribution >= 0.6 is 11.6 Å². The van der Waals surface area contributed by atoms with Gasteiger partial charge in [-0.25, -0.2) is 8.42 Å². The SMILES string of the molecule is CCc1ccc(CC)c(CNC(=O)C(CC)N(c2cccc(Cl)c2)S(C)(=O)=O)c1. The first-order valence-electron chi connectivity index (χ1n) is 9.84. The molecule has 1 atom stereocenters. The van der Waals surface area contributed by atoms with Crippen molar-refractivity contribution in [3.8, 4) is 0 Å². The number of aryl methyl sites for hydroxylation is 2. The molecule has 0 saturated heterocycles. The molecule has 0 saturated carbocycles. The first kappa shape index (κ1) is 23.2. The molecule has 0 aliphatic rings. The van der Waals surface area contributed by atoms with Crippen molar-refractivity contribution in [3.05, 3.63) is 64.2 Å². The van der Waals surface area contributed by atoms with Crippen LogP contribution in [0.2, 0.25) is 5.02 Å². The third-order valence-corrected chi connectivity index (χ3v) is 6.32. The van der Waals surface area contributed by atoms with Gasteiger partial charge in [0.1, 0.15) is 6.04 Å². The van der Waals surface area contributed by atoms with Crippen molar-refractivity contribution in [2.75, 3.05) is 10.6 Å². The van der Waals surface area contributed by atoms with E-state index in [0.717, 1.165) is 29.0 Å². The lowest BCUT2D eigenvalue weighted by Crippen LogP contribution is -2.49. The Kier molecular flexibility index (Phi) is 8.11. The zero-order chi connectivity index (χ0) is 21.6. The van der Waals surface area contributed by atoms with E-state index < -0.39 is 16.1 Å². The normalized spacial score (nSPS) is 12.4. The average molecular weight is 437 g/mol. The highest BCUT2D eigenvalue weighted by Gasteiger charge is 2.31. The van der Waals surface area contributed by atoms with Crippen LogP contribution in [-0.2, 0) is 34.2 Å². The second kappa shape index (κ2) is 10.1. The van der Waals surface area contributed by atoms with Gasteiger partial charge in [-0.1, -0.05) is 56.6 Å². The van der Waals surface area contributed by atoms with Gasteiger partial charge < -0.3 is 5.32 Å². The summed E-state index contributed by atoms with van der Waals surface area (Å²) < 4.78 is 26.2. The van der Waals surface area contributed by atoms with E-state index in [0.29, 0.717) is 23.7 Å². The lowest BCUT2D eigenvalue weighted by molar-refractivity contribution is -0.122. The van der Waals surface area contributed by atoms with Crippen LogP contribution in [-0.4, -0.2) is 26.6 Å². The minimum absolute atomic E-state index is 0.332. The summed E-state index contributed by atoms with van der Waals surface area (Å²) in [7, 11) is -3.68. The van der Waals surface area contributed by atoms with Gasteiger partial charge in [0.15, 0.2) is 0 Å². The van der Waals surface area contributed by atoms with E-state index in [9.17, 15) is 13.2 Å². The lowest BCUT2D eigenvalue weighted by Gasteiger charge is -2.30. The van der Waals surface area contributed by atoms with E-state index in [1.165, 1.54) is 11.1 Å². The van der Waals surface area contributed by atoms with Crippen LogP contribution in [0.4, 0.5) is 5.69 Å². The van der Waals surface area contributed by atoms with E-state index in [1.807, 2.05) is 0 Å². The van der Waals surface area contributed by atoms with E-state index in [-0.39, 0.29) is 5.91 Å². The molecule has 0 aromatic heterocycles. The van der Waals surface area contributed by atoms with E-state index in [4.69, 9.17) is 11.6 Å². The zero-order valence-corrected chi connectivity index (χ0v) is 19.0. The Balaban J connectivity index is 2.29. The number of sulfonamides is 1. The Bertz CT molecular complexity index is 960.